The Morgan fingerprint density at radius 1 is 1.00 bits per heavy atom. The van der Waals surface area contributed by atoms with Crippen LogP contribution in [0.4, 0.5) is 4.79 Å². The third-order valence-corrected chi connectivity index (χ3v) is 4.69. The number of amides is 1. The van der Waals surface area contributed by atoms with Crippen molar-refractivity contribution in [2.75, 3.05) is 13.4 Å². The molecule has 0 N–H and O–H groups in total. The number of methoxy groups -OCH3 is 1. The predicted molar refractivity (Wildman–Crippen MR) is 94.6 cm³/mol. The van der Waals surface area contributed by atoms with E-state index in [0.29, 0.717) is 11.1 Å². The van der Waals surface area contributed by atoms with Gasteiger partial charge >= 0.3 is 12.1 Å². The third-order valence-electron chi connectivity index (χ3n) is 3.28. The quantitative estimate of drug-likeness (QED) is 0.762. The fourth-order valence-electron chi connectivity index (χ4n) is 2.10. The maximum atomic E-state index is 12.5. The molecule has 0 saturated heterocycles. The first-order chi connectivity index (χ1) is 11.9. The van der Waals surface area contributed by atoms with Gasteiger partial charge in [-0.1, -0.05) is 42.5 Å². The lowest BCUT2D eigenvalue weighted by molar-refractivity contribution is 0.0600. The fourth-order valence-corrected chi connectivity index (χ4v) is 3.34. The minimum Gasteiger partial charge on any atom is -0.465 e. The molecule has 2 aromatic carbocycles. The van der Waals surface area contributed by atoms with E-state index in [1.807, 2.05) is 30.3 Å². The van der Waals surface area contributed by atoms with E-state index in [2.05, 4.69) is 9.10 Å². The molecule has 2 aromatic rings. The summed E-state index contributed by atoms with van der Waals surface area (Å²) in [6, 6.07) is 15.6. The van der Waals surface area contributed by atoms with E-state index >= 15 is 0 Å². The van der Waals surface area contributed by atoms with Gasteiger partial charge in [0.15, 0.2) is 0 Å². The lowest BCUT2D eigenvalue weighted by Gasteiger charge is -2.06. The first kappa shape index (κ1) is 18.7. The Labute approximate surface area is 147 Å². The molecule has 0 aliphatic heterocycles. The fraction of sp³-hybridized carbons (Fsp3) is 0.222. The van der Waals surface area contributed by atoms with Crippen molar-refractivity contribution < 1.29 is 23.3 Å². The van der Waals surface area contributed by atoms with Crippen molar-refractivity contribution in [3.8, 4) is 0 Å². The van der Waals surface area contributed by atoms with E-state index in [9.17, 15) is 13.8 Å². The van der Waals surface area contributed by atoms with E-state index in [0.717, 1.165) is 5.56 Å². The molecule has 0 aromatic heterocycles. The van der Waals surface area contributed by atoms with Gasteiger partial charge in [0.25, 0.3) is 0 Å². The molecule has 0 saturated carbocycles. The summed E-state index contributed by atoms with van der Waals surface area (Å²) in [7, 11) is -1.49. The zero-order valence-electron chi connectivity index (χ0n) is 14.0. The van der Waals surface area contributed by atoms with Crippen molar-refractivity contribution in [3.63, 3.8) is 0 Å². The summed E-state index contributed by atoms with van der Waals surface area (Å²) in [5, 5.41) is 0. The van der Waals surface area contributed by atoms with Gasteiger partial charge in [-0.2, -0.15) is 0 Å². The van der Waals surface area contributed by atoms with E-state index in [-0.39, 0.29) is 12.4 Å². The Balaban J connectivity index is 1.99. The van der Waals surface area contributed by atoms with Gasteiger partial charge in [-0.25, -0.2) is 13.8 Å². The average Bonchev–Trinajstić information content (AvgIpc) is 2.60. The van der Waals surface area contributed by atoms with Crippen LogP contribution in [-0.4, -0.2) is 29.6 Å². The van der Waals surface area contributed by atoms with Gasteiger partial charge in [-0.3, -0.25) is 0 Å². The molecule has 0 aliphatic carbocycles. The maximum absolute atomic E-state index is 12.5. The average molecular weight is 361 g/mol. The molecule has 0 heterocycles. The first-order valence-electron chi connectivity index (χ1n) is 7.47. The third kappa shape index (κ3) is 6.04. The molecule has 1 unspecified atom stereocenters. The Kier molecular flexibility index (Phi) is 6.30. The van der Waals surface area contributed by atoms with Gasteiger partial charge in [-0.05, 0) is 23.3 Å². The number of benzene rings is 2. The Morgan fingerprint density at radius 3 is 2.24 bits per heavy atom. The van der Waals surface area contributed by atoms with Crippen LogP contribution in [0.3, 0.4) is 0 Å². The normalized spacial score (nSPS) is 12.7. The number of nitrogens with zero attached hydrogens (tertiary/aromatic N) is 1. The minimum absolute atomic E-state index is 0.0759. The predicted octanol–water partition coefficient (Wildman–Crippen LogP) is 3.41. The highest BCUT2D eigenvalue weighted by Gasteiger charge is 2.10. The van der Waals surface area contributed by atoms with Crippen molar-refractivity contribution >= 4 is 21.8 Å². The van der Waals surface area contributed by atoms with Crippen LogP contribution in [-0.2, 0) is 31.6 Å². The van der Waals surface area contributed by atoms with Gasteiger partial charge in [0, 0.05) is 6.26 Å². The van der Waals surface area contributed by atoms with E-state index in [4.69, 9.17) is 4.74 Å². The summed E-state index contributed by atoms with van der Waals surface area (Å²) >= 11 is 0. The highest BCUT2D eigenvalue weighted by molar-refractivity contribution is 7.92. The number of hydrogen-bond acceptors (Lipinski definition) is 5. The number of rotatable bonds is 5. The van der Waals surface area contributed by atoms with Crippen LogP contribution in [0.2, 0.25) is 0 Å². The topological polar surface area (TPSA) is 82.0 Å². The molecule has 7 heteroatoms. The van der Waals surface area contributed by atoms with Crippen LogP contribution < -0.4 is 0 Å². The minimum atomic E-state index is -2.79. The van der Waals surface area contributed by atoms with Crippen LogP contribution in [0, 0.1) is 0 Å². The lowest BCUT2D eigenvalue weighted by Crippen LogP contribution is -2.08. The molecule has 0 spiro atoms. The summed E-state index contributed by atoms with van der Waals surface area (Å²) in [6.45, 7) is 0.0759. The molecule has 2 rings (SSSR count). The smallest absolute Gasteiger partial charge is 0.442 e. The van der Waals surface area contributed by atoms with E-state index in [1.54, 1.807) is 24.3 Å². The van der Waals surface area contributed by atoms with Gasteiger partial charge < -0.3 is 9.47 Å². The van der Waals surface area contributed by atoms with Gasteiger partial charge in [0.1, 0.15) is 6.61 Å². The highest BCUT2D eigenvalue weighted by Crippen LogP contribution is 2.11. The number of hydrogen-bond donors (Lipinski definition) is 0. The van der Waals surface area contributed by atoms with Crippen molar-refractivity contribution in [1.82, 2.24) is 0 Å². The van der Waals surface area contributed by atoms with Crippen LogP contribution in [0.15, 0.2) is 59.0 Å². The molecule has 0 aliphatic rings. The van der Waals surface area contributed by atoms with E-state index in [1.165, 1.54) is 13.4 Å². The van der Waals surface area contributed by atoms with Crippen molar-refractivity contribution in [1.29, 1.82) is 0 Å². The summed E-state index contributed by atoms with van der Waals surface area (Å²) in [5.41, 5.74) is 1.92. The molecule has 1 atom stereocenters. The number of carbonyl (C=O) groups excluding carboxylic acids is 2. The van der Waals surface area contributed by atoms with Crippen molar-refractivity contribution in [2.45, 2.75) is 12.4 Å². The van der Waals surface area contributed by atoms with Crippen LogP contribution >= 0.6 is 0 Å². The summed E-state index contributed by atoms with van der Waals surface area (Å²) in [4.78, 5) is 23.2. The molecular formula is C18H19NO5S. The molecule has 0 radical (unpaired) electrons. The molecule has 0 bridgehead atoms. The largest absolute Gasteiger partial charge is 0.465 e. The highest BCUT2D eigenvalue weighted by atomic mass is 32.2. The van der Waals surface area contributed by atoms with Crippen LogP contribution in [0.5, 0.6) is 0 Å². The van der Waals surface area contributed by atoms with E-state index < -0.39 is 21.8 Å². The monoisotopic (exact) mass is 361 g/mol. The zero-order chi connectivity index (χ0) is 18.3. The SMILES string of the molecule is COC(=O)c1ccc(CS(C)(=O)=NC(=O)OCc2ccccc2)cc1. The maximum Gasteiger partial charge on any atom is 0.442 e. The summed E-state index contributed by atoms with van der Waals surface area (Å²) in [5.74, 6) is -0.368. The lowest BCUT2D eigenvalue weighted by atomic mass is 10.1. The van der Waals surface area contributed by atoms with Gasteiger partial charge in [-0.15, -0.1) is 4.36 Å². The molecule has 0 fully saturated rings. The molecule has 132 valence electrons. The standard InChI is InChI=1S/C18H19NO5S/c1-23-17(20)16-10-8-15(9-11-16)13-25(2,22)19-18(21)24-12-14-6-4-3-5-7-14/h3-11H,12-13H2,1-2H3. The molecular weight excluding hydrogens is 342 g/mol. The molecule has 6 nitrogen and oxygen atoms in total. The van der Waals surface area contributed by atoms with Gasteiger partial charge in [0.2, 0.25) is 0 Å². The molecule has 25 heavy (non-hydrogen) atoms. The Bertz CT molecular complexity index is 853. The second kappa shape index (κ2) is 8.43. The first-order valence-corrected chi connectivity index (χ1v) is 9.56. The van der Waals surface area contributed by atoms with Crippen molar-refractivity contribution in [3.05, 3.63) is 71.3 Å². The van der Waals surface area contributed by atoms with Crippen molar-refractivity contribution in [2.24, 2.45) is 4.36 Å². The Hall–Kier alpha value is -2.67. The van der Waals surface area contributed by atoms with Crippen LogP contribution in [0.25, 0.3) is 0 Å². The number of ether oxygens (including phenoxy) is 2. The number of carbonyl (C=O) groups is 2. The second-order valence-corrected chi connectivity index (χ2v) is 7.81. The van der Waals surface area contributed by atoms with Gasteiger partial charge in [0.05, 0.1) is 28.2 Å². The second-order valence-electron chi connectivity index (χ2n) is 5.42. The summed E-state index contributed by atoms with van der Waals surface area (Å²) < 4.78 is 25.8. The van der Waals surface area contributed by atoms with Crippen LogP contribution in [0.1, 0.15) is 21.5 Å². The Morgan fingerprint density at radius 2 is 1.64 bits per heavy atom. The number of esters is 1. The zero-order valence-corrected chi connectivity index (χ0v) is 14.8. The molecule has 1 amide bonds. The summed E-state index contributed by atoms with van der Waals surface area (Å²) in [6.07, 6.45) is 0.535.